The van der Waals surface area contributed by atoms with Gasteiger partial charge in [-0.05, 0) is 30.7 Å². The van der Waals surface area contributed by atoms with Crippen molar-refractivity contribution in [3.63, 3.8) is 0 Å². The Morgan fingerprint density at radius 1 is 1.24 bits per heavy atom. The number of carbonyl (C=O) groups excluding carboxylic acids is 1. The van der Waals surface area contributed by atoms with Crippen molar-refractivity contribution in [1.82, 2.24) is 14.5 Å². The van der Waals surface area contributed by atoms with Gasteiger partial charge < -0.3 is 19.6 Å². The molecule has 3 unspecified atom stereocenters. The number of benzene rings is 1. The molecule has 8 heteroatoms. The molecule has 3 saturated heterocycles. The molecule has 34 heavy (non-hydrogen) atoms. The molecule has 0 spiro atoms. The second-order valence-electron chi connectivity index (χ2n) is 10.2. The number of aliphatic hydroxyl groups is 1. The van der Waals surface area contributed by atoms with E-state index in [9.17, 15) is 14.7 Å². The molecule has 1 aromatic heterocycles. The maximum absolute atomic E-state index is 12.8. The lowest BCUT2D eigenvalue weighted by Gasteiger charge is -2.38. The van der Waals surface area contributed by atoms with Crippen LogP contribution in [0.1, 0.15) is 44.1 Å². The molecule has 5 rings (SSSR count). The first-order valence-corrected chi connectivity index (χ1v) is 12.4. The zero-order valence-electron chi connectivity index (χ0n) is 19.8. The Bertz CT molecular complexity index is 1050. The lowest BCUT2D eigenvalue weighted by Crippen LogP contribution is -2.49. The fourth-order valence-electron chi connectivity index (χ4n) is 5.51. The van der Waals surface area contributed by atoms with Crippen LogP contribution in [-0.2, 0) is 16.1 Å². The summed E-state index contributed by atoms with van der Waals surface area (Å²) in [6.07, 6.45) is 4.20. The van der Waals surface area contributed by atoms with Crippen molar-refractivity contribution in [1.29, 1.82) is 0 Å². The Morgan fingerprint density at radius 3 is 2.71 bits per heavy atom. The van der Waals surface area contributed by atoms with Crippen LogP contribution in [0.25, 0.3) is 0 Å². The van der Waals surface area contributed by atoms with Gasteiger partial charge in [0.2, 0.25) is 5.91 Å². The lowest BCUT2D eigenvalue weighted by molar-refractivity contribution is -0.136. The van der Waals surface area contributed by atoms with E-state index in [-0.39, 0.29) is 30.0 Å². The maximum atomic E-state index is 12.8. The SMILES string of the molecule is CC(CC(=O)N1CCC(O)(Cn2cnc(N3CC4CCOC4C3)cc2=O)CC1)c1ccccc1. The van der Waals surface area contributed by atoms with Gasteiger partial charge in [-0.2, -0.15) is 0 Å². The van der Waals surface area contributed by atoms with Gasteiger partial charge in [0.05, 0.1) is 24.6 Å². The summed E-state index contributed by atoms with van der Waals surface area (Å²) in [5.74, 6) is 1.47. The topological polar surface area (TPSA) is 87.9 Å². The van der Waals surface area contributed by atoms with Gasteiger partial charge in [0.25, 0.3) is 5.56 Å². The van der Waals surface area contributed by atoms with E-state index in [2.05, 4.69) is 16.8 Å². The van der Waals surface area contributed by atoms with Crippen LogP contribution >= 0.6 is 0 Å². The molecular weight excluding hydrogens is 432 g/mol. The standard InChI is InChI=1S/C26H34N4O4/c1-19(20-5-3-2-4-6-20)13-24(31)28-10-8-26(33,9-11-28)17-30-18-27-23(14-25(30)32)29-15-21-7-12-34-22(21)16-29/h2-6,14,18-19,21-22,33H,7-13,15-17H2,1H3. The van der Waals surface area contributed by atoms with Gasteiger partial charge >= 0.3 is 0 Å². The largest absolute Gasteiger partial charge is 0.388 e. The monoisotopic (exact) mass is 466 g/mol. The van der Waals surface area contributed by atoms with Crippen molar-refractivity contribution in [3.05, 3.63) is 58.6 Å². The predicted molar refractivity (Wildman–Crippen MR) is 129 cm³/mol. The summed E-state index contributed by atoms with van der Waals surface area (Å²) < 4.78 is 7.24. The van der Waals surface area contributed by atoms with Gasteiger partial charge in [-0.1, -0.05) is 37.3 Å². The van der Waals surface area contributed by atoms with Crippen molar-refractivity contribution in [3.8, 4) is 0 Å². The van der Waals surface area contributed by atoms with Gasteiger partial charge in [0, 0.05) is 51.2 Å². The summed E-state index contributed by atoms with van der Waals surface area (Å²) in [4.78, 5) is 34.0. The van der Waals surface area contributed by atoms with Crippen molar-refractivity contribution in [2.45, 2.75) is 56.8 Å². The Morgan fingerprint density at radius 2 is 2.00 bits per heavy atom. The van der Waals surface area contributed by atoms with Crippen molar-refractivity contribution < 1.29 is 14.6 Å². The molecule has 0 bridgehead atoms. The highest BCUT2D eigenvalue weighted by Gasteiger charge is 2.38. The number of aromatic nitrogens is 2. The van der Waals surface area contributed by atoms with Gasteiger partial charge in [0.1, 0.15) is 5.82 Å². The second-order valence-corrected chi connectivity index (χ2v) is 10.2. The number of likely N-dealkylation sites (tertiary alicyclic amines) is 1. The number of ether oxygens (including phenoxy) is 1. The van der Waals surface area contributed by atoms with Crippen molar-refractivity contribution in [2.75, 3.05) is 37.7 Å². The number of piperidine rings is 1. The van der Waals surface area contributed by atoms with E-state index in [1.807, 2.05) is 35.2 Å². The van der Waals surface area contributed by atoms with Crippen LogP contribution in [0, 0.1) is 5.92 Å². The van der Waals surface area contributed by atoms with Crippen LogP contribution in [0.4, 0.5) is 5.82 Å². The predicted octanol–water partition coefficient (Wildman–Crippen LogP) is 2.02. The minimum absolute atomic E-state index is 0.112. The van der Waals surface area contributed by atoms with Gasteiger partial charge in [0.15, 0.2) is 0 Å². The van der Waals surface area contributed by atoms with Gasteiger partial charge in [-0.25, -0.2) is 4.98 Å². The summed E-state index contributed by atoms with van der Waals surface area (Å²) in [6, 6.07) is 11.6. The summed E-state index contributed by atoms with van der Waals surface area (Å²) in [6.45, 7) is 5.72. The summed E-state index contributed by atoms with van der Waals surface area (Å²) >= 11 is 0. The highest BCUT2D eigenvalue weighted by atomic mass is 16.5. The zero-order chi connectivity index (χ0) is 23.7. The third kappa shape index (κ3) is 4.88. The summed E-state index contributed by atoms with van der Waals surface area (Å²) in [7, 11) is 0. The van der Waals surface area contributed by atoms with Crippen LogP contribution in [0.15, 0.2) is 47.5 Å². The first kappa shape index (κ1) is 23.1. The van der Waals surface area contributed by atoms with Crippen molar-refractivity contribution >= 4 is 11.7 Å². The summed E-state index contributed by atoms with van der Waals surface area (Å²) in [5.41, 5.74) is -0.0242. The van der Waals surface area contributed by atoms with Crippen molar-refractivity contribution in [2.24, 2.45) is 5.92 Å². The molecule has 3 atom stereocenters. The Labute approximate surface area is 200 Å². The average molecular weight is 467 g/mol. The minimum Gasteiger partial charge on any atom is -0.388 e. The Balaban J connectivity index is 1.15. The number of hydrogen-bond donors (Lipinski definition) is 1. The van der Waals surface area contributed by atoms with E-state index >= 15 is 0 Å². The zero-order valence-corrected chi connectivity index (χ0v) is 19.8. The quantitative estimate of drug-likeness (QED) is 0.701. The molecule has 2 aromatic rings. The molecule has 3 aliphatic heterocycles. The number of fused-ring (bicyclic) bond motifs is 1. The molecule has 8 nitrogen and oxygen atoms in total. The van der Waals surface area contributed by atoms with Crippen LogP contribution in [0.2, 0.25) is 0 Å². The highest BCUT2D eigenvalue weighted by Crippen LogP contribution is 2.31. The number of nitrogens with zero attached hydrogens (tertiary/aromatic N) is 4. The molecule has 1 aromatic carbocycles. The van der Waals surface area contributed by atoms with Crippen LogP contribution in [0.3, 0.4) is 0 Å². The molecule has 3 fully saturated rings. The average Bonchev–Trinajstić information content (AvgIpc) is 3.44. The molecular formula is C26H34N4O4. The lowest BCUT2D eigenvalue weighted by atomic mass is 9.90. The molecule has 0 aliphatic carbocycles. The minimum atomic E-state index is -1.02. The number of carbonyl (C=O) groups is 1. The maximum Gasteiger partial charge on any atom is 0.255 e. The third-order valence-corrected chi connectivity index (χ3v) is 7.75. The van der Waals surface area contributed by atoms with E-state index in [1.54, 1.807) is 12.4 Å². The van der Waals surface area contributed by atoms with E-state index < -0.39 is 5.60 Å². The molecule has 3 aliphatic rings. The van der Waals surface area contributed by atoms with E-state index in [4.69, 9.17) is 4.74 Å². The van der Waals surface area contributed by atoms with Gasteiger partial charge in [-0.15, -0.1) is 0 Å². The molecule has 4 heterocycles. The molecule has 182 valence electrons. The number of rotatable bonds is 6. The highest BCUT2D eigenvalue weighted by molar-refractivity contribution is 5.77. The van der Waals surface area contributed by atoms with E-state index in [0.29, 0.717) is 44.1 Å². The smallest absolute Gasteiger partial charge is 0.255 e. The fourth-order valence-corrected chi connectivity index (χ4v) is 5.51. The third-order valence-electron chi connectivity index (χ3n) is 7.75. The molecule has 1 N–H and O–H groups in total. The molecule has 0 saturated carbocycles. The first-order valence-electron chi connectivity index (χ1n) is 12.4. The number of anilines is 1. The molecule has 0 radical (unpaired) electrons. The number of hydrogen-bond acceptors (Lipinski definition) is 6. The normalized spacial score (nSPS) is 24.8. The van der Waals surface area contributed by atoms with Crippen LogP contribution < -0.4 is 10.5 Å². The van der Waals surface area contributed by atoms with Crippen LogP contribution in [-0.4, -0.2) is 70.0 Å². The fraction of sp³-hybridized carbons (Fsp3) is 0.577. The Kier molecular flexibility index (Phi) is 6.44. The van der Waals surface area contributed by atoms with Crippen LogP contribution in [0.5, 0.6) is 0 Å². The van der Waals surface area contributed by atoms with Gasteiger partial charge in [-0.3, -0.25) is 14.2 Å². The van der Waals surface area contributed by atoms with E-state index in [0.717, 1.165) is 31.7 Å². The Hall–Kier alpha value is -2.71. The van der Waals surface area contributed by atoms with E-state index in [1.165, 1.54) is 4.57 Å². The summed E-state index contributed by atoms with van der Waals surface area (Å²) in [5, 5.41) is 11.1. The number of amides is 1. The molecule has 1 amide bonds. The first-order chi connectivity index (χ1) is 16.4. The second kappa shape index (κ2) is 9.50.